The smallest absolute Gasteiger partial charge is 0.251 e. The molecule has 0 aromatic heterocycles. The maximum absolute atomic E-state index is 11.9. The van der Waals surface area contributed by atoms with Gasteiger partial charge in [-0.2, -0.15) is 0 Å². The van der Waals surface area contributed by atoms with Crippen molar-refractivity contribution in [1.82, 2.24) is 10.6 Å². The topological polar surface area (TPSA) is 58.2 Å². The summed E-state index contributed by atoms with van der Waals surface area (Å²) >= 11 is 9.19. The first-order chi connectivity index (χ1) is 8.77. The molecule has 0 radical (unpaired) electrons. The number of hydrogen-bond donors (Lipinski definition) is 2. The number of carbonyl (C=O) groups excluding carboxylic acids is 2. The lowest BCUT2D eigenvalue weighted by molar-refractivity contribution is -0.128. The molecule has 4 nitrogen and oxygen atoms in total. The molecule has 1 aromatic rings. The fourth-order valence-corrected chi connectivity index (χ4v) is 1.89. The molecule has 0 saturated heterocycles. The summed E-state index contributed by atoms with van der Waals surface area (Å²) in [5.74, 6) is -0.381. The second-order valence-corrected chi connectivity index (χ2v) is 6.04. The van der Waals surface area contributed by atoms with Crippen LogP contribution in [0.15, 0.2) is 22.7 Å². The molecule has 0 aliphatic rings. The summed E-state index contributed by atoms with van der Waals surface area (Å²) in [6.45, 7) is 3.78. The van der Waals surface area contributed by atoms with Gasteiger partial charge in [-0.05, 0) is 48.0 Å². The summed E-state index contributed by atoms with van der Waals surface area (Å²) in [6.07, 6.45) is 0. The Morgan fingerprint density at radius 3 is 2.53 bits per heavy atom. The zero-order valence-electron chi connectivity index (χ0n) is 11.0. The molecule has 0 aliphatic carbocycles. The van der Waals surface area contributed by atoms with Gasteiger partial charge in [-0.1, -0.05) is 11.6 Å². The minimum Gasteiger partial charge on any atom is -0.359 e. The van der Waals surface area contributed by atoms with Crippen molar-refractivity contribution >= 4 is 39.3 Å². The summed E-state index contributed by atoms with van der Waals surface area (Å²) in [7, 11) is 1.57. The zero-order chi connectivity index (χ0) is 14.6. The molecule has 104 valence electrons. The van der Waals surface area contributed by atoms with Crippen LogP contribution in [0.5, 0.6) is 0 Å². The highest BCUT2D eigenvalue weighted by Crippen LogP contribution is 2.23. The van der Waals surface area contributed by atoms with Crippen molar-refractivity contribution in [1.29, 1.82) is 0 Å². The van der Waals surface area contributed by atoms with Crippen molar-refractivity contribution in [2.45, 2.75) is 13.8 Å². The number of benzene rings is 1. The molecule has 1 aromatic carbocycles. The minimum atomic E-state index is -0.663. The molecule has 0 unspecified atom stereocenters. The Morgan fingerprint density at radius 1 is 1.37 bits per heavy atom. The number of nitrogens with one attached hydrogen (secondary N) is 2. The van der Waals surface area contributed by atoms with Gasteiger partial charge in [-0.3, -0.25) is 9.59 Å². The summed E-state index contributed by atoms with van der Waals surface area (Å²) in [5.41, 5.74) is -0.204. The van der Waals surface area contributed by atoms with Gasteiger partial charge in [0, 0.05) is 23.6 Å². The average molecular weight is 348 g/mol. The third-order valence-electron chi connectivity index (χ3n) is 2.71. The molecule has 0 fully saturated rings. The van der Waals surface area contributed by atoms with Crippen molar-refractivity contribution in [3.8, 4) is 0 Å². The Bertz CT molecular complexity index is 503. The van der Waals surface area contributed by atoms with Crippen LogP contribution in [0.2, 0.25) is 5.02 Å². The lowest BCUT2D eigenvalue weighted by Gasteiger charge is -2.22. The van der Waals surface area contributed by atoms with Crippen LogP contribution in [0.25, 0.3) is 0 Å². The molecule has 0 spiro atoms. The lowest BCUT2D eigenvalue weighted by atomic mass is 9.92. The van der Waals surface area contributed by atoms with E-state index in [-0.39, 0.29) is 18.4 Å². The van der Waals surface area contributed by atoms with Crippen molar-refractivity contribution in [3.63, 3.8) is 0 Å². The highest BCUT2D eigenvalue weighted by Gasteiger charge is 2.27. The lowest BCUT2D eigenvalue weighted by Crippen LogP contribution is -2.43. The number of rotatable bonds is 4. The minimum absolute atomic E-state index is 0.123. The van der Waals surface area contributed by atoms with E-state index in [0.717, 1.165) is 4.47 Å². The van der Waals surface area contributed by atoms with E-state index in [4.69, 9.17) is 11.6 Å². The molecule has 0 bridgehead atoms. The first kappa shape index (κ1) is 16.0. The van der Waals surface area contributed by atoms with E-state index in [9.17, 15) is 9.59 Å². The van der Waals surface area contributed by atoms with E-state index in [0.29, 0.717) is 10.6 Å². The molecule has 2 amide bonds. The third-order valence-corrected chi connectivity index (χ3v) is 3.95. The predicted octanol–water partition coefficient (Wildman–Crippen LogP) is 2.60. The van der Waals surface area contributed by atoms with E-state index in [1.54, 1.807) is 39.1 Å². The first-order valence-electron chi connectivity index (χ1n) is 5.73. The second-order valence-electron chi connectivity index (χ2n) is 4.77. The van der Waals surface area contributed by atoms with Gasteiger partial charge in [0.05, 0.1) is 10.4 Å². The van der Waals surface area contributed by atoms with Gasteiger partial charge in [0.1, 0.15) is 0 Å². The van der Waals surface area contributed by atoms with Gasteiger partial charge in [0.2, 0.25) is 5.91 Å². The van der Waals surface area contributed by atoms with Gasteiger partial charge in [-0.25, -0.2) is 0 Å². The van der Waals surface area contributed by atoms with Crippen molar-refractivity contribution < 1.29 is 9.59 Å². The van der Waals surface area contributed by atoms with Gasteiger partial charge in [0.25, 0.3) is 5.91 Å². The molecule has 0 heterocycles. The average Bonchev–Trinajstić information content (AvgIpc) is 2.38. The standard InChI is InChI=1S/C13H16BrClN2O2/c1-13(2,12(19)16-3)7-17-11(18)8-4-5-9(14)10(15)6-8/h4-6H,7H2,1-3H3,(H,16,19)(H,17,18). The molecule has 0 aliphatic heterocycles. The molecular weight excluding hydrogens is 332 g/mol. The highest BCUT2D eigenvalue weighted by atomic mass is 79.9. The van der Waals surface area contributed by atoms with E-state index < -0.39 is 5.41 Å². The normalized spacial score (nSPS) is 11.0. The van der Waals surface area contributed by atoms with Crippen LogP contribution in [-0.2, 0) is 4.79 Å². The molecule has 0 atom stereocenters. The van der Waals surface area contributed by atoms with E-state index >= 15 is 0 Å². The summed E-state index contributed by atoms with van der Waals surface area (Å²) in [5, 5.41) is 5.77. The van der Waals surface area contributed by atoms with Gasteiger partial charge < -0.3 is 10.6 Å². The maximum Gasteiger partial charge on any atom is 0.251 e. The van der Waals surface area contributed by atoms with Gasteiger partial charge >= 0.3 is 0 Å². The molecular formula is C13H16BrClN2O2. The van der Waals surface area contributed by atoms with Crippen LogP contribution in [0.3, 0.4) is 0 Å². The number of carbonyl (C=O) groups is 2. The Labute approximate surface area is 126 Å². The van der Waals surface area contributed by atoms with E-state index in [2.05, 4.69) is 26.6 Å². The molecule has 6 heteroatoms. The van der Waals surface area contributed by atoms with Crippen molar-refractivity contribution in [2.24, 2.45) is 5.41 Å². The number of hydrogen-bond acceptors (Lipinski definition) is 2. The van der Waals surface area contributed by atoms with Gasteiger partial charge in [-0.15, -0.1) is 0 Å². The SMILES string of the molecule is CNC(=O)C(C)(C)CNC(=O)c1ccc(Br)c(Cl)c1. The first-order valence-corrected chi connectivity index (χ1v) is 6.90. The number of amides is 2. The molecule has 19 heavy (non-hydrogen) atoms. The van der Waals surface area contributed by atoms with Crippen molar-refractivity contribution in [2.75, 3.05) is 13.6 Å². The Kier molecular flexibility index (Phi) is 5.38. The van der Waals surface area contributed by atoms with E-state index in [1.807, 2.05) is 0 Å². The highest BCUT2D eigenvalue weighted by molar-refractivity contribution is 9.10. The molecule has 2 N–H and O–H groups in total. The fourth-order valence-electron chi connectivity index (χ4n) is 1.46. The summed E-state index contributed by atoms with van der Waals surface area (Å²) in [4.78, 5) is 23.5. The van der Waals surface area contributed by atoms with E-state index in [1.165, 1.54) is 0 Å². The van der Waals surface area contributed by atoms with Gasteiger partial charge in [0.15, 0.2) is 0 Å². The van der Waals surface area contributed by atoms with Crippen LogP contribution in [0.4, 0.5) is 0 Å². The summed E-state index contributed by atoms with van der Waals surface area (Å²) < 4.78 is 0.733. The Morgan fingerprint density at radius 2 is 2.00 bits per heavy atom. The predicted molar refractivity (Wildman–Crippen MR) is 79.3 cm³/mol. The largest absolute Gasteiger partial charge is 0.359 e. The van der Waals surface area contributed by atoms with Crippen molar-refractivity contribution in [3.05, 3.63) is 33.3 Å². The Hall–Kier alpha value is -1.07. The van der Waals surface area contributed by atoms with Crippen LogP contribution in [0, 0.1) is 5.41 Å². The van der Waals surface area contributed by atoms with Crippen LogP contribution >= 0.6 is 27.5 Å². The molecule has 1 rings (SSSR count). The quantitative estimate of drug-likeness (QED) is 0.879. The summed E-state index contributed by atoms with van der Waals surface area (Å²) in [6, 6.07) is 4.95. The molecule has 0 saturated carbocycles. The maximum atomic E-state index is 11.9. The van der Waals surface area contributed by atoms with Crippen LogP contribution in [0.1, 0.15) is 24.2 Å². The monoisotopic (exact) mass is 346 g/mol. The fraction of sp³-hybridized carbons (Fsp3) is 0.385. The number of halogens is 2. The Balaban J connectivity index is 2.70. The van der Waals surface area contributed by atoms with Crippen LogP contribution in [-0.4, -0.2) is 25.4 Å². The third kappa shape index (κ3) is 4.21. The second kappa shape index (κ2) is 6.39. The van der Waals surface area contributed by atoms with Crippen LogP contribution < -0.4 is 10.6 Å². The zero-order valence-corrected chi connectivity index (χ0v) is 13.4.